The van der Waals surface area contributed by atoms with Crippen LogP contribution in [-0.4, -0.2) is 37.0 Å². The summed E-state index contributed by atoms with van der Waals surface area (Å²) in [6.45, 7) is 2.06. The van der Waals surface area contributed by atoms with E-state index in [1.807, 2.05) is 65.6 Å². The molecule has 1 saturated heterocycles. The number of ether oxygens (including phenoxy) is 1. The maximum Gasteiger partial charge on any atom is 0.231 e. The van der Waals surface area contributed by atoms with E-state index in [-0.39, 0.29) is 30.3 Å². The molecule has 0 saturated carbocycles. The molecule has 1 aliphatic rings. The third kappa shape index (κ3) is 4.15. The maximum atomic E-state index is 12.9. The van der Waals surface area contributed by atoms with Crippen molar-refractivity contribution in [2.45, 2.75) is 12.0 Å². The third-order valence-electron chi connectivity index (χ3n) is 4.29. The fourth-order valence-electron chi connectivity index (χ4n) is 3.00. The highest BCUT2D eigenvalue weighted by molar-refractivity contribution is 5.85. The van der Waals surface area contributed by atoms with Crippen molar-refractivity contribution in [3.05, 3.63) is 71.8 Å². The van der Waals surface area contributed by atoms with Gasteiger partial charge in [-0.1, -0.05) is 60.7 Å². The molecule has 1 fully saturated rings. The van der Waals surface area contributed by atoms with Crippen LogP contribution in [0.25, 0.3) is 0 Å². The summed E-state index contributed by atoms with van der Waals surface area (Å²) in [5, 5.41) is 0. The quantitative estimate of drug-likeness (QED) is 0.926. The summed E-state index contributed by atoms with van der Waals surface area (Å²) in [6, 6.07) is 19.8. The SMILES string of the molecule is Cl.NCC(C(=O)N1CCOC(c2ccccc2)C1)c1ccccc1. The summed E-state index contributed by atoms with van der Waals surface area (Å²) in [4.78, 5) is 14.8. The molecule has 1 aliphatic heterocycles. The van der Waals surface area contributed by atoms with Gasteiger partial charge in [-0.2, -0.15) is 0 Å². The first-order valence-electron chi connectivity index (χ1n) is 8.00. The maximum absolute atomic E-state index is 12.9. The molecule has 0 radical (unpaired) electrons. The molecule has 1 amide bonds. The normalized spacial score (nSPS) is 18.5. The van der Waals surface area contributed by atoms with E-state index < -0.39 is 0 Å². The number of halogens is 1. The standard InChI is InChI=1S/C19H22N2O2.ClH/c20-13-17(15-7-3-1-4-8-15)19(22)21-11-12-23-18(14-21)16-9-5-2-6-10-16;/h1-10,17-18H,11-14,20H2;1H. The molecule has 128 valence electrons. The van der Waals surface area contributed by atoms with Crippen molar-refractivity contribution in [3.63, 3.8) is 0 Å². The van der Waals surface area contributed by atoms with Gasteiger partial charge < -0.3 is 15.4 Å². The van der Waals surface area contributed by atoms with Crippen LogP contribution in [0.1, 0.15) is 23.1 Å². The summed E-state index contributed by atoms with van der Waals surface area (Å²) >= 11 is 0. The lowest BCUT2D eigenvalue weighted by Gasteiger charge is -2.35. The minimum Gasteiger partial charge on any atom is -0.370 e. The fraction of sp³-hybridized carbons (Fsp3) is 0.316. The van der Waals surface area contributed by atoms with Crippen LogP contribution in [0.4, 0.5) is 0 Å². The molecule has 24 heavy (non-hydrogen) atoms. The van der Waals surface area contributed by atoms with Gasteiger partial charge in [0.15, 0.2) is 0 Å². The van der Waals surface area contributed by atoms with Gasteiger partial charge in [-0.05, 0) is 11.1 Å². The fourth-order valence-corrected chi connectivity index (χ4v) is 3.00. The van der Waals surface area contributed by atoms with Crippen LogP contribution in [0.5, 0.6) is 0 Å². The van der Waals surface area contributed by atoms with Gasteiger partial charge in [-0.25, -0.2) is 0 Å². The Morgan fingerprint density at radius 1 is 1.12 bits per heavy atom. The number of hydrogen-bond acceptors (Lipinski definition) is 3. The van der Waals surface area contributed by atoms with Crippen LogP contribution in [0, 0.1) is 0 Å². The number of benzene rings is 2. The molecule has 5 heteroatoms. The lowest BCUT2D eigenvalue weighted by atomic mass is 9.97. The smallest absolute Gasteiger partial charge is 0.231 e. The van der Waals surface area contributed by atoms with E-state index in [1.165, 1.54) is 0 Å². The number of carbonyl (C=O) groups is 1. The molecule has 2 aromatic rings. The van der Waals surface area contributed by atoms with Crippen LogP contribution in [-0.2, 0) is 9.53 Å². The second-order valence-corrected chi connectivity index (χ2v) is 5.75. The van der Waals surface area contributed by atoms with Gasteiger partial charge in [-0.3, -0.25) is 4.79 Å². The summed E-state index contributed by atoms with van der Waals surface area (Å²) in [5.74, 6) is -0.200. The van der Waals surface area contributed by atoms with Crippen molar-refractivity contribution in [1.82, 2.24) is 4.90 Å². The first kappa shape index (κ1) is 18.5. The molecule has 4 nitrogen and oxygen atoms in total. The van der Waals surface area contributed by atoms with Crippen molar-refractivity contribution < 1.29 is 9.53 Å². The summed E-state index contributed by atoms with van der Waals surface area (Å²) in [7, 11) is 0. The highest BCUT2D eigenvalue weighted by Crippen LogP contribution is 2.25. The van der Waals surface area contributed by atoms with Gasteiger partial charge in [0, 0.05) is 13.1 Å². The first-order chi connectivity index (χ1) is 11.3. The van der Waals surface area contributed by atoms with E-state index in [0.717, 1.165) is 11.1 Å². The van der Waals surface area contributed by atoms with Crippen molar-refractivity contribution in [3.8, 4) is 0 Å². The number of amides is 1. The number of nitrogens with zero attached hydrogens (tertiary/aromatic N) is 1. The zero-order valence-electron chi connectivity index (χ0n) is 13.5. The average molecular weight is 347 g/mol. The highest BCUT2D eigenvalue weighted by atomic mass is 35.5. The topological polar surface area (TPSA) is 55.6 Å². The molecule has 0 aromatic heterocycles. The molecule has 2 unspecified atom stereocenters. The van der Waals surface area contributed by atoms with Crippen LogP contribution in [0.3, 0.4) is 0 Å². The van der Waals surface area contributed by atoms with Gasteiger partial charge in [0.2, 0.25) is 5.91 Å². The summed E-state index contributed by atoms with van der Waals surface area (Å²) < 4.78 is 5.84. The lowest BCUT2D eigenvalue weighted by Crippen LogP contribution is -2.45. The molecule has 2 atom stereocenters. The number of hydrogen-bond donors (Lipinski definition) is 1. The van der Waals surface area contributed by atoms with Crippen molar-refractivity contribution >= 4 is 18.3 Å². The van der Waals surface area contributed by atoms with E-state index in [9.17, 15) is 4.79 Å². The van der Waals surface area contributed by atoms with Crippen LogP contribution >= 0.6 is 12.4 Å². The van der Waals surface area contributed by atoms with Crippen LogP contribution < -0.4 is 5.73 Å². The van der Waals surface area contributed by atoms with Crippen molar-refractivity contribution in [1.29, 1.82) is 0 Å². The molecule has 0 spiro atoms. The monoisotopic (exact) mass is 346 g/mol. The molecule has 0 bridgehead atoms. The Morgan fingerprint density at radius 3 is 2.38 bits per heavy atom. The zero-order chi connectivity index (χ0) is 16.1. The van der Waals surface area contributed by atoms with E-state index in [2.05, 4.69) is 0 Å². The number of nitrogens with two attached hydrogens (primary N) is 1. The second-order valence-electron chi connectivity index (χ2n) is 5.75. The van der Waals surface area contributed by atoms with E-state index in [4.69, 9.17) is 10.5 Å². The number of carbonyl (C=O) groups excluding carboxylic acids is 1. The predicted molar refractivity (Wildman–Crippen MR) is 97.2 cm³/mol. The second kappa shape index (κ2) is 8.83. The number of rotatable bonds is 4. The minimum atomic E-state index is -0.286. The van der Waals surface area contributed by atoms with Crippen molar-refractivity contribution in [2.75, 3.05) is 26.2 Å². The van der Waals surface area contributed by atoms with E-state index in [1.54, 1.807) is 0 Å². The molecule has 2 N–H and O–H groups in total. The molecule has 0 aliphatic carbocycles. The number of morpholine rings is 1. The van der Waals surface area contributed by atoms with Crippen LogP contribution in [0.2, 0.25) is 0 Å². The first-order valence-corrected chi connectivity index (χ1v) is 8.00. The Balaban J connectivity index is 0.00000208. The lowest BCUT2D eigenvalue weighted by molar-refractivity contribution is -0.140. The molecule has 1 heterocycles. The Morgan fingerprint density at radius 2 is 1.75 bits per heavy atom. The molecular weight excluding hydrogens is 324 g/mol. The molecule has 3 rings (SSSR count). The van der Waals surface area contributed by atoms with Crippen LogP contribution in [0.15, 0.2) is 60.7 Å². The van der Waals surface area contributed by atoms with Gasteiger partial charge in [0.05, 0.1) is 19.1 Å². The zero-order valence-corrected chi connectivity index (χ0v) is 14.3. The average Bonchev–Trinajstić information content (AvgIpc) is 2.64. The Hall–Kier alpha value is -1.88. The van der Waals surface area contributed by atoms with Gasteiger partial charge in [-0.15, -0.1) is 12.4 Å². The predicted octanol–water partition coefficient (Wildman–Crippen LogP) is 2.75. The molecular formula is C19H23ClN2O2. The highest BCUT2D eigenvalue weighted by Gasteiger charge is 2.30. The molecule has 2 aromatic carbocycles. The van der Waals surface area contributed by atoms with E-state index in [0.29, 0.717) is 26.2 Å². The van der Waals surface area contributed by atoms with Gasteiger partial charge in [0.1, 0.15) is 6.10 Å². The third-order valence-corrected chi connectivity index (χ3v) is 4.29. The Kier molecular flexibility index (Phi) is 6.79. The van der Waals surface area contributed by atoms with Gasteiger partial charge >= 0.3 is 0 Å². The Bertz CT molecular complexity index is 636. The summed E-state index contributed by atoms with van der Waals surface area (Å²) in [6.07, 6.45) is -0.0666. The van der Waals surface area contributed by atoms with E-state index >= 15 is 0 Å². The van der Waals surface area contributed by atoms with Crippen molar-refractivity contribution in [2.24, 2.45) is 5.73 Å². The Labute approximate surface area is 149 Å². The minimum absolute atomic E-state index is 0. The summed E-state index contributed by atoms with van der Waals surface area (Å²) in [5.41, 5.74) is 7.96. The van der Waals surface area contributed by atoms with Gasteiger partial charge in [0.25, 0.3) is 0 Å². The largest absolute Gasteiger partial charge is 0.370 e.